The first kappa shape index (κ1) is 12.0. The molecule has 0 aromatic heterocycles. The summed E-state index contributed by atoms with van der Waals surface area (Å²) < 4.78 is 26.8. The average Bonchev–Trinajstić information content (AvgIpc) is 2.47. The molecule has 1 aromatic rings. The van der Waals surface area contributed by atoms with Gasteiger partial charge in [0.15, 0.2) is 11.6 Å². The summed E-state index contributed by atoms with van der Waals surface area (Å²) in [5.41, 5.74) is 0.548. The number of halogens is 3. The molecule has 0 radical (unpaired) electrons. The molecule has 2 unspecified atom stereocenters. The zero-order chi connectivity index (χ0) is 11.5. The maximum Gasteiger partial charge on any atom is 0.162 e. The van der Waals surface area contributed by atoms with Crippen LogP contribution < -0.4 is 0 Å². The first-order valence-corrected chi connectivity index (χ1v) is 6.68. The molecule has 0 N–H and O–H groups in total. The lowest BCUT2D eigenvalue weighted by Gasteiger charge is -2.17. The zero-order valence-electron chi connectivity index (χ0n) is 9.06. The van der Waals surface area contributed by atoms with E-state index in [9.17, 15) is 8.78 Å². The smallest absolute Gasteiger partial charge is 0.162 e. The topological polar surface area (TPSA) is 0 Å². The first-order valence-electron chi connectivity index (χ1n) is 5.76. The van der Waals surface area contributed by atoms with Crippen molar-refractivity contribution in [3.63, 3.8) is 0 Å². The molecule has 0 amide bonds. The Morgan fingerprint density at radius 1 is 1.12 bits per heavy atom. The number of benzene rings is 1. The number of alkyl halides is 1. The highest BCUT2D eigenvalue weighted by atomic mass is 79.9. The van der Waals surface area contributed by atoms with Crippen molar-refractivity contribution in [3.8, 4) is 0 Å². The largest absolute Gasteiger partial charge is 0.204 e. The molecule has 0 aliphatic heterocycles. The summed E-state index contributed by atoms with van der Waals surface area (Å²) in [6.07, 6.45) is 5.27. The Balaban J connectivity index is 2.24. The van der Waals surface area contributed by atoms with Gasteiger partial charge in [-0.05, 0) is 36.8 Å². The first-order chi connectivity index (χ1) is 7.68. The highest BCUT2D eigenvalue weighted by molar-refractivity contribution is 9.09. The van der Waals surface area contributed by atoms with Crippen molar-refractivity contribution in [2.45, 2.75) is 42.8 Å². The molecule has 0 spiro atoms. The summed E-state index contributed by atoms with van der Waals surface area (Å²) >= 11 is 3.60. The maximum atomic E-state index is 13.7. The molecule has 2 atom stereocenters. The van der Waals surface area contributed by atoms with Gasteiger partial charge in [0.05, 0.1) is 0 Å². The van der Waals surface area contributed by atoms with Crippen LogP contribution >= 0.6 is 15.9 Å². The summed E-state index contributed by atoms with van der Waals surface area (Å²) in [4.78, 5) is 0.433. The van der Waals surface area contributed by atoms with E-state index in [-0.39, 0.29) is 5.92 Å². The molecule has 1 fully saturated rings. The Bertz CT molecular complexity index is 365. The highest BCUT2D eigenvalue weighted by Crippen LogP contribution is 2.36. The molecule has 1 aliphatic carbocycles. The fourth-order valence-electron chi connectivity index (χ4n) is 2.42. The van der Waals surface area contributed by atoms with Gasteiger partial charge in [-0.3, -0.25) is 0 Å². The second-order valence-corrected chi connectivity index (χ2v) is 5.75. The van der Waals surface area contributed by atoms with Crippen LogP contribution in [0, 0.1) is 11.6 Å². The number of hydrogen-bond donors (Lipinski definition) is 0. The normalized spacial score (nSPS) is 26.4. The third kappa shape index (κ3) is 2.62. The summed E-state index contributed by atoms with van der Waals surface area (Å²) in [5, 5.41) is 0. The summed E-state index contributed by atoms with van der Waals surface area (Å²) in [6.45, 7) is 0. The maximum absolute atomic E-state index is 13.7. The standard InChI is InChI=1S/C13H15BrF2/c14-10-5-2-1-4-9(8-10)11-6-3-7-12(15)13(11)16/h3,6-7,9-10H,1-2,4-5,8H2. The van der Waals surface area contributed by atoms with E-state index in [1.807, 2.05) is 0 Å². The fraction of sp³-hybridized carbons (Fsp3) is 0.538. The molecule has 16 heavy (non-hydrogen) atoms. The SMILES string of the molecule is Fc1cccc(C2CCCCC(Br)C2)c1F. The van der Waals surface area contributed by atoms with Crippen LogP contribution in [0.2, 0.25) is 0 Å². The summed E-state index contributed by atoms with van der Waals surface area (Å²) in [6, 6.07) is 4.50. The average molecular weight is 289 g/mol. The lowest BCUT2D eigenvalue weighted by atomic mass is 9.91. The van der Waals surface area contributed by atoms with E-state index in [2.05, 4.69) is 15.9 Å². The molecule has 0 saturated heterocycles. The van der Waals surface area contributed by atoms with E-state index in [4.69, 9.17) is 0 Å². The lowest BCUT2D eigenvalue weighted by Crippen LogP contribution is -2.06. The van der Waals surface area contributed by atoms with E-state index in [0.717, 1.165) is 25.7 Å². The van der Waals surface area contributed by atoms with Crippen molar-refractivity contribution >= 4 is 15.9 Å². The molecule has 3 heteroatoms. The lowest BCUT2D eigenvalue weighted by molar-refractivity contribution is 0.476. The van der Waals surface area contributed by atoms with Gasteiger partial charge in [0.1, 0.15) is 0 Å². The quantitative estimate of drug-likeness (QED) is 0.515. The Hall–Kier alpha value is -0.440. The van der Waals surface area contributed by atoms with Gasteiger partial charge in [0.25, 0.3) is 0 Å². The van der Waals surface area contributed by atoms with Crippen LogP contribution in [0.25, 0.3) is 0 Å². The van der Waals surface area contributed by atoms with Crippen LogP contribution in [0.15, 0.2) is 18.2 Å². The van der Waals surface area contributed by atoms with Gasteiger partial charge in [0, 0.05) is 4.83 Å². The van der Waals surface area contributed by atoms with Gasteiger partial charge in [-0.2, -0.15) is 0 Å². The van der Waals surface area contributed by atoms with Crippen LogP contribution in [-0.2, 0) is 0 Å². The Labute approximate surface area is 103 Å². The monoisotopic (exact) mass is 288 g/mol. The van der Waals surface area contributed by atoms with Crippen molar-refractivity contribution in [1.29, 1.82) is 0 Å². The molecule has 0 heterocycles. The van der Waals surface area contributed by atoms with Gasteiger partial charge < -0.3 is 0 Å². The van der Waals surface area contributed by atoms with E-state index < -0.39 is 11.6 Å². The third-order valence-corrected chi connectivity index (χ3v) is 4.11. The predicted molar refractivity (Wildman–Crippen MR) is 64.9 cm³/mol. The minimum absolute atomic E-state index is 0.155. The van der Waals surface area contributed by atoms with Gasteiger partial charge in [0.2, 0.25) is 0 Å². The molecule has 1 aromatic carbocycles. The van der Waals surface area contributed by atoms with Crippen molar-refractivity contribution in [3.05, 3.63) is 35.4 Å². The van der Waals surface area contributed by atoms with Gasteiger partial charge >= 0.3 is 0 Å². The van der Waals surface area contributed by atoms with E-state index in [0.29, 0.717) is 10.4 Å². The second-order valence-electron chi connectivity index (χ2n) is 4.46. The number of hydrogen-bond acceptors (Lipinski definition) is 0. The van der Waals surface area contributed by atoms with Crippen LogP contribution in [-0.4, -0.2) is 4.83 Å². The fourth-order valence-corrected chi connectivity index (χ4v) is 3.19. The third-order valence-electron chi connectivity index (χ3n) is 3.28. The number of rotatable bonds is 1. The summed E-state index contributed by atoms with van der Waals surface area (Å²) in [7, 11) is 0. The minimum atomic E-state index is -0.729. The van der Waals surface area contributed by atoms with E-state index in [1.165, 1.54) is 12.5 Å². The van der Waals surface area contributed by atoms with Crippen molar-refractivity contribution in [2.75, 3.05) is 0 Å². The van der Waals surface area contributed by atoms with E-state index >= 15 is 0 Å². The minimum Gasteiger partial charge on any atom is -0.204 e. The van der Waals surface area contributed by atoms with Crippen LogP contribution in [0.4, 0.5) is 8.78 Å². The highest BCUT2D eigenvalue weighted by Gasteiger charge is 2.23. The second kappa shape index (κ2) is 5.26. The van der Waals surface area contributed by atoms with Gasteiger partial charge in [-0.15, -0.1) is 0 Å². The van der Waals surface area contributed by atoms with Gasteiger partial charge in [-0.25, -0.2) is 8.78 Å². The Morgan fingerprint density at radius 3 is 2.69 bits per heavy atom. The van der Waals surface area contributed by atoms with Crippen molar-refractivity contribution < 1.29 is 8.78 Å². The Morgan fingerprint density at radius 2 is 1.88 bits per heavy atom. The van der Waals surface area contributed by atoms with Crippen molar-refractivity contribution in [1.82, 2.24) is 0 Å². The summed E-state index contributed by atoms with van der Waals surface area (Å²) in [5.74, 6) is -1.23. The van der Waals surface area contributed by atoms with Crippen LogP contribution in [0.5, 0.6) is 0 Å². The van der Waals surface area contributed by atoms with Crippen molar-refractivity contribution in [2.24, 2.45) is 0 Å². The molecule has 1 saturated carbocycles. The molecule has 88 valence electrons. The molecular weight excluding hydrogens is 274 g/mol. The molecular formula is C13H15BrF2. The van der Waals surface area contributed by atoms with E-state index in [1.54, 1.807) is 12.1 Å². The van der Waals surface area contributed by atoms with Crippen LogP contribution in [0.1, 0.15) is 43.6 Å². The zero-order valence-corrected chi connectivity index (χ0v) is 10.6. The molecule has 0 nitrogen and oxygen atoms in total. The molecule has 0 bridgehead atoms. The Kier molecular flexibility index (Phi) is 3.95. The molecule has 2 rings (SSSR count). The van der Waals surface area contributed by atoms with Crippen LogP contribution in [0.3, 0.4) is 0 Å². The molecule has 1 aliphatic rings. The predicted octanol–water partition coefficient (Wildman–Crippen LogP) is 4.78. The van der Waals surface area contributed by atoms with Gasteiger partial charge in [-0.1, -0.05) is 40.9 Å².